The number of carbonyl (C=O) groups excluding carboxylic acids is 1. The molecule has 1 N–H and O–H groups in total. The van der Waals surface area contributed by atoms with Crippen LogP contribution in [-0.4, -0.2) is 48.3 Å². The maximum absolute atomic E-state index is 12.9. The lowest BCUT2D eigenvalue weighted by Crippen LogP contribution is -2.49. The molecule has 1 amide bonds. The minimum Gasteiger partial charge on any atom is -0.396 e. The lowest BCUT2D eigenvalue weighted by atomic mass is 9.49. The van der Waals surface area contributed by atoms with E-state index >= 15 is 0 Å². The zero-order chi connectivity index (χ0) is 16.6. The zero-order valence-electron chi connectivity index (χ0n) is 14.9. The molecule has 1 saturated heterocycles. The van der Waals surface area contributed by atoms with Crippen LogP contribution in [0, 0.1) is 23.2 Å². The summed E-state index contributed by atoms with van der Waals surface area (Å²) < 4.78 is 5.79. The number of nitrogens with zero attached hydrogens (tertiary/aromatic N) is 1. The van der Waals surface area contributed by atoms with Gasteiger partial charge in [0.25, 0.3) is 0 Å². The molecule has 0 unspecified atom stereocenters. The molecule has 5 aliphatic rings. The minimum atomic E-state index is 0.197. The average Bonchev–Trinajstić information content (AvgIpc) is 2.54. The number of likely N-dealkylation sites (tertiary alicyclic amines) is 1. The van der Waals surface area contributed by atoms with E-state index in [1.165, 1.54) is 38.5 Å². The van der Waals surface area contributed by atoms with E-state index in [0.717, 1.165) is 50.1 Å². The van der Waals surface area contributed by atoms with Gasteiger partial charge in [-0.1, -0.05) is 0 Å². The maximum atomic E-state index is 12.9. The molecule has 5 fully saturated rings. The molecule has 0 aromatic carbocycles. The van der Waals surface area contributed by atoms with E-state index in [4.69, 9.17) is 9.84 Å². The summed E-state index contributed by atoms with van der Waals surface area (Å²) in [6, 6.07) is 0. The van der Waals surface area contributed by atoms with Crippen LogP contribution in [0.2, 0.25) is 0 Å². The quantitative estimate of drug-likeness (QED) is 0.759. The molecule has 136 valence electrons. The minimum absolute atomic E-state index is 0.197. The van der Waals surface area contributed by atoms with Crippen molar-refractivity contribution < 1.29 is 14.6 Å². The second kappa shape index (κ2) is 6.95. The van der Waals surface area contributed by atoms with Crippen molar-refractivity contribution in [2.75, 3.05) is 26.3 Å². The Hall–Kier alpha value is -0.610. The van der Waals surface area contributed by atoms with Crippen LogP contribution < -0.4 is 0 Å². The highest BCUT2D eigenvalue weighted by molar-refractivity contribution is 5.77. The standard InChI is InChI=1S/C20H33NO3/c22-6-1-7-24-18-2-4-21(5-3-18)19(23)14-20-11-15-8-16(12-20)10-17(9-15)13-20/h15-18,22H,1-14H2. The Kier molecular flexibility index (Phi) is 4.88. The monoisotopic (exact) mass is 335 g/mol. The van der Waals surface area contributed by atoms with Gasteiger partial charge in [-0.3, -0.25) is 4.79 Å². The van der Waals surface area contributed by atoms with E-state index in [0.29, 0.717) is 24.3 Å². The molecule has 1 heterocycles. The van der Waals surface area contributed by atoms with Gasteiger partial charge in [0, 0.05) is 32.7 Å². The van der Waals surface area contributed by atoms with E-state index in [2.05, 4.69) is 4.90 Å². The van der Waals surface area contributed by atoms with Crippen molar-refractivity contribution in [1.29, 1.82) is 0 Å². The summed E-state index contributed by atoms with van der Waals surface area (Å²) in [6.07, 6.45) is 12.0. The van der Waals surface area contributed by atoms with Crippen molar-refractivity contribution in [3.63, 3.8) is 0 Å². The normalized spacial score (nSPS) is 38.7. The Labute approximate surface area is 145 Å². The van der Waals surface area contributed by atoms with Crippen LogP contribution in [0.15, 0.2) is 0 Å². The third-order valence-corrected chi connectivity index (χ3v) is 7.14. The van der Waals surface area contributed by atoms with Crippen LogP contribution >= 0.6 is 0 Å². The van der Waals surface area contributed by atoms with E-state index in [-0.39, 0.29) is 12.7 Å². The van der Waals surface area contributed by atoms with Crippen molar-refractivity contribution >= 4 is 5.91 Å². The van der Waals surface area contributed by atoms with Gasteiger partial charge in [-0.05, 0) is 81.0 Å². The molecule has 4 bridgehead atoms. The van der Waals surface area contributed by atoms with Crippen LogP contribution in [0.5, 0.6) is 0 Å². The number of carbonyl (C=O) groups is 1. The fraction of sp³-hybridized carbons (Fsp3) is 0.950. The molecule has 0 aromatic heterocycles. The third kappa shape index (κ3) is 3.50. The van der Waals surface area contributed by atoms with Gasteiger partial charge in [0.05, 0.1) is 6.10 Å². The molecule has 4 nitrogen and oxygen atoms in total. The van der Waals surface area contributed by atoms with Crippen molar-refractivity contribution in [1.82, 2.24) is 4.90 Å². The van der Waals surface area contributed by atoms with E-state index in [1.807, 2.05) is 0 Å². The molecule has 0 radical (unpaired) electrons. The summed E-state index contributed by atoms with van der Waals surface area (Å²) in [4.78, 5) is 15.0. The lowest BCUT2D eigenvalue weighted by Gasteiger charge is -2.57. The third-order valence-electron chi connectivity index (χ3n) is 7.14. The Morgan fingerprint density at radius 2 is 1.62 bits per heavy atom. The SMILES string of the molecule is O=C(CC12CC3CC(CC(C3)C1)C2)N1CCC(OCCCO)CC1. The van der Waals surface area contributed by atoms with Crippen molar-refractivity contribution in [2.45, 2.75) is 70.3 Å². The first-order chi connectivity index (χ1) is 11.7. The van der Waals surface area contributed by atoms with Crippen LogP contribution in [0.1, 0.15) is 64.2 Å². The average molecular weight is 335 g/mol. The zero-order valence-corrected chi connectivity index (χ0v) is 14.9. The second-order valence-electron chi connectivity index (χ2n) is 9.12. The molecule has 4 heteroatoms. The predicted molar refractivity (Wildman–Crippen MR) is 92.5 cm³/mol. The number of piperidine rings is 1. The largest absolute Gasteiger partial charge is 0.396 e. The van der Waals surface area contributed by atoms with Crippen molar-refractivity contribution in [3.8, 4) is 0 Å². The number of amides is 1. The Morgan fingerprint density at radius 3 is 2.17 bits per heavy atom. The number of ether oxygens (including phenoxy) is 1. The summed E-state index contributed by atoms with van der Waals surface area (Å²) >= 11 is 0. The fourth-order valence-electron chi connectivity index (χ4n) is 6.53. The van der Waals surface area contributed by atoms with Gasteiger partial charge in [0.1, 0.15) is 0 Å². The summed E-state index contributed by atoms with van der Waals surface area (Å²) in [6.45, 7) is 2.55. The van der Waals surface area contributed by atoms with E-state index in [1.54, 1.807) is 0 Å². The van der Waals surface area contributed by atoms with E-state index in [9.17, 15) is 4.79 Å². The van der Waals surface area contributed by atoms with Gasteiger partial charge < -0.3 is 14.7 Å². The topological polar surface area (TPSA) is 49.8 Å². The smallest absolute Gasteiger partial charge is 0.223 e. The second-order valence-corrected chi connectivity index (χ2v) is 9.12. The molecule has 1 aliphatic heterocycles. The highest BCUT2D eigenvalue weighted by atomic mass is 16.5. The Bertz CT molecular complexity index is 421. The van der Waals surface area contributed by atoms with Gasteiger partial charge in [-0.25, -0.2) is 0 Å². The Morgan fingerprint density at radius 1 is 1.04 bits per heavy atom. The van der Waals surface area contributed by atoms with Gasteiger partial charge >= 0.3 is 0 Å². The van der Waals surface area contributed by atoms with Gasteiger partial charge in [-0.15, -0.1) is 0 Å². The van der Waals surface area contributed by atoms with Gasteiger partial charge in [0.15, 0.2) is 0 Å². The van der Waals surface area contributed by atoms with Crippen molar-refractivity contribution in [2.24, 2.45) is 23.2 Å². The molecular weight excluding hydrogens is 302 g/mol. The number of hydrogen-bond acceptors (Lipinski definition) is 3. The van der Waals surface area contributed by atoms with Crippen LogP contribution in [0.4, 0.5) is 0 Å². The number of aliphatic hydroxyl groups is 1. The van der Waals surface area contributed by atoms with Crippen molar-refractivity contribution in [3.05, 3.63) is 0 Å². The molecule has 4 aliphatic carbocycles. The highest BCUT2D eigenvalue weighted by Crippen LogP contribution is 2.61. The Balaban J connectivity index is 1.27. The molecule has 0 atom stereocenters. The first-order valence-electron chi connectivity index (χ1n) is 10.2. The summed E-state index contributed by atoms with van der Waals surface area (Å²) in [5.74, 6) is 3.19. The number of rotatable bonds is 6. The lowest BCUT2D eigenvalue weighted by molar-refractivity contribution is -0.142. The molecule has 5 rings (SSSR count). The summed E-state index contributed by atoms with van der Waals surface area (Å²) in [7, 11) is 0. The summed E-state index contributed by atoms with van der Waals surface area (Å²) in [5.41, 5.74) is 0.361. The first kappa shape index (κ1) is 16.8. The van der Waals surface area contributed by atoms with E-state index < -0.39 is 0 Å². The molecule has 24 heavy (non-hydrogen) atoms. The predicted octanol–water partition coefficient (Wildman–Crippen LogP) is 2.98. The first-order valence-corrected chi connectivity index (χ1v) is 10.2. The van der Waals surface area contributed by atoms with Gasteiger partial charge in [-0.2, -0.15) is 0 Å². The summed E-state index contributed by atoms with van der Waals surface area (Å²) in [5, 5.41) is 8.83. The van der Waals surface area contributed by atoms with Crippen LogP contribution in [0.3, 0.4) is 0 Å². The number of hydrogen-bond donors (Lipinski definition) is 1. The molecular formula is C20H33NO3. The van der Waals surface area contributed by atoms with Gasteiger partial charge in [0.2, 0.25) is 5.91 Å². The fourth-order valence-corrected chi connectivity index (χ4v) is 6.53. The molecule has 0 spiro atoms. The van der Waals surface area contributed by atoms with Crippen LogP contribution in [0.25, 0.3) is 0 Å². The maximum Gasteiger partial charge on any atom is 0.223 e. The molecule has 4 saturated carbocycles. The van der Waals surface area contributed by atoms with Crippen LogP contribution in [-0.2, 0) is 9.53 Å². The number of aliphatic hydroxyl groups excluding tert-OH is 1. The molecule has 0 aromatic rings. The highest BCUT2D eigenvalue weighted by Gasteiger charge is 2.51.